The van der Waals surface area contributed by atoms with Gasteiger partial charge in [-0.3, -0.25) is 4.79 Å². The van der Waals surface area contributed by atoms with Crippen LogP contribution in [0.4, 0.5) is 0 Å². The van der Waals surface area contributed by atoms with Crippen LogP contribution in [0.1, 0.15) is 40.5 Å². The van der Waals surface area contributed by atoms with Crippen LogP contribution in [0.25, 0.3) is 0 Å². The number of hydrogen-bond acceptors (Lipinski definition) is 4. The van der Waals surface area contributed by atoms with E-state index in [0.717, 1.165) is 24.6 Å². The summed E-state index contributed by atoms with van der Waals surface area (Å²) in [7, 11) is 1.12. The molecule has 0 saturated carbocycles. The second-order valence-electron chi connectivity index (χ2n) is 5.89. The molecule has 1 radical (unpaired) electrons. The minimum atomic E-state index is -0.941. The maximum Gasteiger partial charge on any atom is 0.209 e. The van der Waals surface area contributed by atoms with E-state index in [1.165, 1.54) is 0 Å². The fraction of sp³-hybridized carbons (Fsp3) is 0.667. The lowest BCUT2D eigenvalue weighted by atomic mass is 9.69. The van der Waals surface area contributed by atoms with Crippen LogP contribution < -0.4 is 0 Å². The Morgan fingerprint density at radius 2 is 2.45 bits per heavy atom. The zero-order valence-electron chi connectivity index (χ0n) is 13.8. The van der Waals surface area contributed by atoms with Crippen molar-refractivity contribution in [2.45, 2.75) is 52.2 Å². The molecule has 0 amide bonds. The van der Waals surface area contributed by atoms with E-state index in [0.29, 0.717) is 19.4 Å². The highest BCUT2D eigenvalue weighted by atomic mass is 32.2. The Morgan fingerprint density at radius 1 is 1.75 bits per heavy atom. The van der Waals surface area contributed by atoms with Crippen molar-refractivity contribution in [1.29, 1.82) is 1.34 Å². The van der Waals surface area contributed by atoms with Gasteiger partial charge in [-0.2, -0.15) is 0 Å². The third kappa shape index (κ3) is 3.38. The first kappa shape index (κ1) is 15.9. The average Bonchev–Trinajstić information content (AvgIpc) is 2.43. The lowest BCUT2D eigenvalue weighted by molar-refractivity contribution is -0.181. The monoisotopic (exact) mass is 297 g/mol. The minimum absolute atomic E-state index is 0.0266. The Balaban J connectivity index is 3.01. The Labute approximate surface area is 129 Å². The maximum absolute atomic E-state index is 12.8. The van der Waals surface area contributed by atoms with Gasteiger partial charge in [0.15, 0.2) is 5.78 Å². The van der Waals surface area contributed by atoms with Crippen LogP contribution in [0.3, 0.4) is 0 Å². The second-order valence-corrected chi connectivity index (χ2v) is 6.32. The molecule has 0 bridgehead atoms. The van der Waals surface area contributed by atoms with Crippen LogP contribution in [0.15, 0.2) is 24.3 Å². The molecule has 111 valence electrons. The Morgan fingerprint density at radius 3 is 3.00 bits per heavy atom. The summed E-state index contributed by atoms with van der Waals surface area (Å²) in [5.74, 6) is 0.0266. The SMILES string of the molecule is [3H][B]SOCC(C)(C)[C@]1(C)O[C@H](CC=C)C/C(=C\C)C1=O. The van der Waals surface area contributed by atoms with Crippen LogP contribution in [-0.4, -0.2) is 32.5 Å². The van der Waals surface area contributed by atoms with Gasteiger partial charge in [-0.05, 0) is 27.2 Å². The summed E-state index contributed by atoms with van der Waals surface area (Å²) in [5, 5.41) is 0. The van der Waals surface area contributed by atoms with Crippen LogP contribution in [-0.2, 0) is 13.7 Å². The molecular formula is C15H24BO3S. The molecule has 1 saturated heterocycles. The molecule has 1 rings (SSSR count). The smallest absolute Gasteiger partial charge is 0.209 e. The number of hydrogen-bond donors (Lipinski definition) is 0. The molecule has 0 aromatic carbocycles. The standard InChI is InChI=1S/C15H24BO3S/c1-6-8-12-9-11(7-2)13(17)15(5,19-12)14(3,4)10-18-20-16/h6-7,12,16H,1,8-10H2,2-5H3/b11-7+/t12-,15-/m1/s1/i16T. The molecule has 0 aromatic heterocycles. The highest BCUT2D eigenvalue weighted by molar-refractivity contribution is 8.15. The normalized spacial score (nSPS) is 30.2. The van der Waals surface area contributed by atoms with E-state index in [4.69, 9.17) is 10.3 Å². The number of rotatable bonds is 7. The van der Waals surface area contributed by atoms with Gasteiger partial charge in [0.2, 0.25) is 7.09 Å². The van der Waals surface area contributed by atoms with Gasteiger partial charge in [-0.1, -0.05) is 37.9 Å². The number of ketones is 1. The molecular weight excluding hydrogens is 271 g/mol. The summed E-state index contributed by atoms with van der Waals surface area (Å²) in [6, 6.07) is 0. The first-order valence-corrected chi connectivity index (χ1v) is 7.60. The molecule has 3 nitrogen and oxygen atoms in total. The summed E-state index contributed by atoms with van der Waals surface area (Å²) < 4.78 is 18.5. The highest BCUT2D eigenvalue weighted by Crippen LogP contribution is 2.43. The van der Waals surface area contributed by atoms with Crippen LogP contribution in [0, 0.1) is 5.41 Å². The molecule has 0 N–H and O–H groups in total. The first-order chi connectivity index (χ1) is 9.82. The minimum Gasteiger partial charge on any atom is -0.363 e. The van der Waals surface area contributed by atoms with Gasteiger partial charge in [-0.25, -0.2) is 0 Å². The van der Waals surface area contributed by atoms with Gasteiger partial charge in [0.05, 0.1) is 12.7 Å². The number of ether oxygens (including phenoxy) is 1. The average molecular weight is 297 g/mol. The zero-order chi connectivity index (χ0) is 16.1. The van der Waals surface area contributed by atoms with E-state index < -0.39 is 11.0 Å². The molecule has 1 aliphatic rings. The van der Waals surface area contributed by atoms with Gasteiger partial charge in [-0.15, -0.1) is 6.58 Å². The fourth-order valence-electron chi connectivity index (χ4n) is 2.43. The van der Waals surface area contributed by atoms with Crippen molar-refractivity contribution in [1.82, 2.24) is 0 Å². The largest absolute Gasteiger partial charge is 0.363 e. The first-order valence-electron chi connectivity index (χ1n) is 7.37. The lowest BCUT2D eigenvalue weighted by Gasteiger charge is -2.47. The van der Waals surface area contributed by atoms with E-state index >= 15 is 0 Å². The van der Waals surface area contributed by atoms with Gasteiger partial charge in [0.1, 0.15) is 5.60 Å². The summed E-state index contributed by atoms with van der Waals surface area (Å²) >= 11 is 0.961. The quantitative estimate of drug-likeness (QED) is 0.238. The van der Waals surface area contributed by atoms with Gasteiger partial charge in [0, 0.05) is 11.8 Å². The van der Waals surface area contributed by atoms with Crippen molar-refractivity contribution >= 4 is 24.8 Å². The van der Waals surface area contributed by atoms with Crippen molar-refractivity contribution in [3.8, 4) is 0 Å². The van der Waals surface area contributed by atoms with E-state index in [1.54, 1.807) is 0 Å². The molecule has 2 atom stereocenters. The van der Waals surface area contributed by atoms with Crippen LogP contribution in [0.2, 0.25) is 0 Å². The van der Waals surface area contributed by atoms with Crippen molar-refractivity contribution < 1.29 is 13.7 Å². The Hall–Kier alpha value is -0.515. The summed E-state index contributed by atoms with van der Waals surface area (Å²) in [6.07, 6.45) is 5.01. The maximum atomic E-state index is 12.8. The lowest BCUT2D eigenvalue weighted by Crippen LogP contribution is -2.58. The Bertz CT molecular complexity index is 425. The molecule has 1 aliphatic heterocycles. The zero-order valence-corrected chi connectivity index (χ0v) is 13.6. The fourth-order valence-corrected chi connectivity index (χ4v) is 2.79. The van der Waals surface area contributed by atoms with Crippen LogP contribution in [0.5, 0.6) is 0 Å². The third-order valence-corrected chi connectivity index (χ3v) is 4.39. The van der Waals surface area contributed by atoms with E-state index in [2.05, 4.69) is 6.58 Å². The third-order valence-electron chi connectivity index (χ3n) is 4.13. The summed E-state index contributed by atoms with van der Waals surface area (Å²) in [6.45, 7) is 11.7. The van der Waals surface area contributed by atoms with Gasteiger partial charge >= 0.3 is 0 Å². The Kier molecular flexibility index (Phi) is 5.53. The van der Waals surface area contributed by atoms with Crippen molar-refractivity contribution in [3.63, 3.8) is 0 Å². The molecule has 20 heavy (non-hydrogen) atoms. The topological polar surface area (TPSA) is 35.5 Å². The number of carbonyl (C=O) groups is 1. The predicted molar refractivity (Wildman–Crippen MR) is 85.9 cm³/mol. The molecule has 0 unspecified atom stereocenters. The molecule has 5 heteroatoms. The molecule has 1 fully saturated rings. The van der Waals surface area contributed by atoms with E-state index in [-0.39, 0.29) is 11.9 Å². The predicted octanol–water partition coefficient (Wildman–Crippen LogP) is 3.13. The summed E-state index contributed by atoms with van der Waals surface area (Å²) in [4.78, 5) is 12.8. The molecule has 0 aromatic rings. The molecule has 1 heterocycles. The second kappa shape index (κ2) is 6.96. The van der Waals surface area contributed by atoms with Crippen molar-refractivity contribution in [3.05, 3.63) is 24.3 Å². The molecule has 0 aliphatic carbocycles. The van der Waals surface area contributed by atoms with Gasteiger partial charge < -0.3 is 8.92 Å². The number of allylic oxidation sites excluding steroid dienone is 1. The molecule has 0 spiro atoms. The number of carbonyl (C=O) groups excluding carboxylic acids is 1. The number of Topliss-reactive ketones (excluding diaryl/α,β-unsaturated/α-hetero) is 1. The van der Waals surface area contributed by atoms with Crippen LogP contribution >= 0.6 is 11.9 Å². The van der Waals surface area contributed by atoms with Gasteiger partial charge in [0.25, 0.3) is 0 Å². The van der Waals surface area contributed by atoms with Crippen molar-refractivity contribution in [2.75, 3.05) is 6.61 Å². The highest BCUT2D eigenvalue weighted by Gasteiger charge is 2.53. The summed E-state index contributed by atoms with van der Waals surface area (Å²) in [5.41, 5.74) is -0.638. The van der Waals surface area contributed by atoms with E-state index in [9.17, 15) is 4.79 Å². The van der Waals surface area contributed by atoms with Crippen molar-refractivity contribution in [2.24, 2.45) is 5.41 Å². The van der Waals surface area contributed by atoms with E-state index in [1.807, 2.05) is 39.8 Å².